The van der Waals surface area contributed by atoms with Crippen LogP contribution in [0.4, 0.5) is 5.82 Å². The molecule has 1 unspecified atom stereocenters. The van der Waals surface area contributed by atoms with Gasteiger partial charge in [-0.3, -0.25) is 0 Å². The van der Waals surface area contributed by atoms with E-state index in [2.05, 4.69) is 31.2 Å². The van der Waals surface area contributed by atoms with Gasteiger partial charge in [0.05, 0.1) is 0 Å². The molecule has 4 heteroatoms. The Hall–Kier alpha value is -0.740. The molecule has 1 aromatic rings. The Labute approximate surface area is 127 Å². The molecule has 1 atom stereocenters. The predicted octanol–water partition coefficient (Wildman–Crippen LogP) is 3.00. The first-order valence-electron chi connectivity index (χ1n) is 7.64. The van der Waals surface area contributed by atoms with Crippen molar-refractivity contribution in [1.29, 1.82) is 0 Å². The molecule has 2 N–H and O–H groups in total. The molecule has 0 aromatic carbocycles. The monoisotopic (exact) mass is 293 g/mol. The SMILES string of the molecule is CCC(CSC)N(C)c1nc2c(cc1CN)CCCC2. The summed E-state index contributed by atoms with van der Waals surface area (Å²) in [6.07, 6.45) is 8.16. The highest BCUT2D eigenvalue weighted by Gasteiger charge is 2.20. The third-order valence-corrected chi connectivity index (χ3v) is 5.01. The quantitative estimate of drug-likeness (QED) is 0.875. The molecule has 0 amide bonds. The van der Waals surface area contributed by atoms with Gasteiger partial charge in [-0.05, 0) is 50.0 Å². The zero-order chi connectivity index (χ0) is 14.5. The molecule has 112 valence electrons. The first-order chi connectivity index (χ1) is 9.71. The fourth-order valence-corrected chi connectivity index (χ4v) is 3.84. The minimum Gasteiger partial charge on any atom is -0.356 e. The molecule has 1 aliphatic carbocycles. The molecule has 0 aliphatic heterocycles. The van der Waals surface area contributed by atoms with Gasteiger partial charge in [0.1, 0.15) is 5.82 Å². The van der Waals surface area contributed by atoms with Crippen molar-refractivity contribution in [2.24, 2.45) is 5.73 Å². The van der Waals surface area contributed by atoms with Gasteiger partial charge in [0.2, 0.25) is 0 Å². The summed E-state index contributed by atoms with van der Waals surface area (Å²) in [7, 11) is 2.17. The lowest BCUT2D eigenvalue weighted by atomic mass is 9.94. The highest BCUT2D eigenvalue weighted by molar-refractivity contribution is 7.98. The van der Waals surface area contributed by atoms with Crippen LogP contribution in [-0.2, 0) is 19.4 Å². The van der Waals surface area contributed by atoms with E-state index in [1.807, 2.05) is 11.8 Å². The standard InChI is InChI=1S/C16H27N3S/c1-4-14(11-20-3)19(2)16-13(10-17)9-12-7-5-6-8-15(12)18-16/h9,14H,4-8,10-11,17H2,1-3H3. The van der Waals surface area contributed by atoms with Gasteiger partial charge in [-0.2, -0.15) is 11.8 Å². The van der Waals surface area contributed by atoms with Gasteiger partial charge in [0.15, 0.2) is 0 Å². The Balaban J connectivity index is 2.33. The van der Waals surface area contributed by atoms with Crippen LogP contribution >= 0.6 is 11.8 Å². The zero-order valence-electron chi connectivity index (χ0n) is 13.0. The number of nitrogens with zero attached hydrogens (tertiary/aromatic N) is 2. The van der Waals surface area contributed by atoms with Crippen molar-refractivity contribution in [2.75, 3.05) is 24.0 Å². The van der Waals surface area contributed by atoms with E-state index in [1.165, 1.54) is 36.1 Å². The minimum atomic E-state index is 0.532. The number of hydrogen-bond acceptors (Lipinski definition) is 4. The van der Waals surface area contributed by atoms with E-state index < -0.39 is 0 Å². The Bertz CT molecular complexity index is 448. The van der Waals surface area contributed by atoms with Gasteiger partial charge in [-0.25, -0.2) is 4.98 Å². The second-order valence-electron chi connectivity index (χ2n) is 5.62. The summed E-state index contributed by atoms with van der Waals surface area (Å²) >= 11 is 1.90. The maximum Gasteiger partial charge on any atom is 0.133 e. The number of fused-ring (bicyclic) bond motifs is 1. The summed E-state index contributed by atoms with van der Waals surface area (Å²) in [5.74, 6) is 2.24. The van der Waals surface area contributed by atoms with E-state index in [-0.39, 0.29) is 0 Å². The average Bonchev–Trinajstić information content (AvgIpc) is 2.50. The largest absolute Gasteiger partial charge is 0.356 e. The lowest BCUT2D eigenvalue weighted by Crippen LogP contribution is -2.35. The summed E-state index contributed by atoms with van der Waals surface area (Å²) in [5.41, 5.74) is 9.89. The molecule has 0 fully saturated rings. The van der Waals surface area contributed by atoms with Crippen LogP contribution in [0.3, 0.4) is 0 Å². The molecule has 0 spiro atoms. The maximum absolute atomic E-state index is 5.97. The average molecular weight is 293 g/mol. The van der Waals surface area contributed by atoms with E-state index in [1.54, 1.807) is 0 Å². The molecule has 0 saturated heterocycles. The van der Waals surface area contributed by atoms with Crippen molar-refractivity contribution in [3.05, 3.63) is 22.9 Å². The molecule has 0 bridgehead atoms. The molecule has 1 aliphatic rings. The van der Waals surface area contributed by atoms with E-state index >= 15 is 0 Å². The Morgan fingerprint density at radius 2 is 2.15 bits per heavy atom. The van der Waals surface area contributed by atoms with Crippen LogP contribution in [0.1, 0.15) is 43.0 Å². The fraction of sp³-hybridized carbons (Fsp3) is 0.688. The van der Waals surface area contributed by atoms with Crippen molar-refractivity contribution in [3.63, 3.8) is 0 Å². The molecule has 0 radical (unpaired) electrons. The summed E-state index contributed by atoms with van der Waals surface area (Å²) in [6, 6.07) is 2.84. The zero-order valence-corrected chi connectivity index (χ0v) is 13.8. The van der Waals surface area contributed by atoms with Gasteiger partial charge in [-0.1, -0.05) is 6.92 Å². The third kappa shape index (κ3) is 3.29. The van der Waals surface area contributed by atoms with Crippen LogP contribution in [0.2, 0.25) is 0 Å². The lowest BCUT2D eigenvalue weighted by molar-refractivity contribution is 0.641. The number of thioether (sulfide) groups is 1. The summed E-state index contributed by atoms with van der Waals surface area (Å²) in [4.78, 5) is 7.31. The van der Waals surface area contributed by atoms with Gasteiger partial charge >= 0.3 is 0 Å². The van der Waals surface area contributed by atoms with Crippen molar-refractivity contribution in [2.45, 2.75) is 51.6 Å². The van der Waals surface area contributed by atoms with Crippen LogP contribution in [0.25, 0.3) is 0 Å². The number of nitrogens with two attached hydrogens (primary N) is 1. The highest BCUT2D eigenvalue weighted by Crippen LogP contribution is 2.28. The van der Waals surface area contributed by atoms with Crippen LogP contribution in [0.5, 0.6) is 0 Å². The van der Waals surface area contributed by atoms with Gasteiger partial charge in [0.25, 0.3) is 0 Å². The number of pyridine rings is 1. The smallest absolute Gasteiger partial charge is 0.133 e. The fourth-order valence-electron chi connectivity index (χ4n) is 2.99. The van der Waals surface area contributed by atoms with Gasteiger partial charge in [-0.15, -0.1) is 0 Å². The maximum atomic E-state index is 5.97. The van der Waals surface area contributed by atoms with Crippen molar-refractivity contribution in [3.8, 4) is 0 Å². The molecule has 2 rings (SSSR count). The van der Waals surface area contributed by atoms with E-state index in [4.69, 9.17) is 10.7 Å². The van der Waals surface area contributed by atoms with Gasteiger partial charge in [0, 0.05) is 36.6 Å². The first kappa shape index (κ1) is 15.6. The second kappa shape index (κ2) is 7.32. The normalized spacial score (nSPS) is 15.8. The van der Waals surface area contributed by atoms with Crippen molar-refractivity contribution < 1.29 is 0 Å². The number of rotatable bonds is 6. The number of anilines is 1. The molecule has 20 heavy (non-hydrogen) atoms. The third-order valence-electron chi connectivity index (χ3n) is 4.29. The van der Waals surface area contributed by atoms with Crippen molar-refractivity contribution >= 4 is 17.6 Å². The number of aromatic nitrogens is 1. The Kier molecular flexibility index (Phi) is 5.73. The number of hydrogen-bond donors (Lipinski definition) is 1. The van der Waals surface area contributed by atoms with Crippen LogP contribution in [0.15, 0.2) is 6.07 Å². The minimum absolute atomic E-state index is 0.532. The van der Waals surface area contributed by atoms with Crippen LogP contribution in [0, 0.1) is 0 Å². The molecular formula is C16H27N3S. The first-order valence-corrected chi connectivity index (χ1v) is 9.04. The van der Waals surface area contributed by atoms with Crippen molar-refractivity contribution in [1.82, 2.24) is 4.98 Å². The Morgan fingerprint density at radius 3 is 2.80 bits per heavy atom. The summed E-state index contributed by atoms with van der Waals surface area (Å²) in [5, 5.41) is 0. The molecule has 0 saturated carbocycles. The molecule has 1 aromatic heterocycles. The number of aryl methyl sites for hydroxylation is 2. The summed E-state index contributed by atoms with van der Waals surface area (Å²) < 4.78 is 0. The topological polar surface area (TPSA) is 42.2 Å². The second-order valence-corrected chi connectivity index (χ2v) is 6.53. The van der Waals surface area contributed by atoms with Crippen LogP contribution < -0.4 is 10.6 Å². The van der Waals surface area contributed by atoms with E-state index in [0.29, 0.717) is 12.6 Å². The van der Waals surface area contributed by atoms with E-state index in [0.717, 1.165) is 24.4 Å². The lowest BCUT2D eigenvalue weighted by Gasteiger charge is -2.31. The molecule has 3 nitrogen and oxygen atoms in total. The van der Waals surface area contributed by atoms with Crippen LogP contribution in [-0.4, -0.2) is 30.1 Å². The molecule has 1 heterocycles. The van der Waals surface area contributed by atoms with E-state index in [9.17, 15) is 0 Å². The molecular weight excluding hydrogens is 266 g/mol. The Morgan fingerprint density at radius 1 is 1.40 bits per heavy atom. The summed E-state index contributed by atoms with van der Waals surface area (Å²) in [6.45, 7) is 2.83. The highest BCUT2D eigenvalue weighted by atomic mass is 32.2. The predicted molar refractivity (Wildman–Crippen MR) is 89.6 cm³/mol. The van der Waals surface area contributed by atoms with Gasteiger partial charge < -0.3 is 10.6 Å².